The molecule has 0 unspecified atom stereocenters. The standard InChI is InChI=1S/C34H39IN10O2/c1-39-21-41-32(38)24-4-2-22(3-5-24)23-10-14-44(15-11-23)29(46)19-43-16-12-34(20-43)13-17-45(33(34)47)28-9-7-26(36)31(42-28)30(37)25-6-8-27(35)40-18-25/h2-9,18,21,23,37H,10-17,19-20,36H2,1H3,(H2,38,39,41)/t34-/m0/s1. The summed E-state index contributed by atoms with van der Waals surface area (Å²) in [6.07, 6.45) is 6.28. The largest absolute Gasteiger partial charge is 0.397 e. The van der Waals surface area contributed by atoms with Crippen LogP contribution in [0.15, 0.2) is 64.7 Å². The lowest BCUT2D eigenvalue weighted by Crippen LogP contribution is -2.44. The van der Waals surface area contributed by atoms with E-state index in [9.17, 15) is 9.59 Å². The summed E-state index contributed by atoms with van der Waals surface area (Å²) < 4.78 is 0.827. The molecule has 3 aromatic rings. The summed E-state index contributed by atoms with van der Waals surface area (Å²) in [5.41, 5.74) is 15.3. The van der Waals surface area contributed by atoms with Crippen LogP contribution in [0.2, 0.25) is 0 Å². The van der Waals surface area contributed by atoms with Crippen LogP contribution in [0.1, 0.15) is 54.0 Å². The van der Waals surface area contributed by atoms with Crippen molar-refractivity contribution in [1.82, 2.24) is 19.8 Å². The molecule has 47 heavy (non-hydrogen) atoms. The molecule has 1 aromatic carbocycles. The van der Waals surface area contributed by atoms with Gasteiger partial charge in [0.25, 0.3) is 0 Å². The van der Waals surface area contributed by atoms with Gasteiger partial charge in [0, 0.05) is 50.6 Å². The van der Waals surface area contributed by atoms with Gasteiger partial charge >= 0.3 is 0 Å². The number of halogens is 1. The first kappa shape index (κ1) is 32.7. The number of nitrogen functional groups attached to an aromatic ring is 1. The van der Waals surface area contributed by atoms with E-state index in [0.717, 1.165) is 22.1 Å². The predicted octanol–water partition coefficient (Wildman–Crippen LogP) is 3.28. The number of hydrogen-bond acceptors (Lipinski definition) is 8. The number of carbonyl (C=O) groups excluding carboxylic acids is 2. The summed E-state index contributed by atoms with van der Waals surface area (Å²) in [6, 6.07) is 15.3. The van der Waals surface area contributed by atoms with Crippen molar-refractivity contribution in [3.8, 4) is 0 Å². The number of aliphatic imine (C=N–C) groups is 2. The van der Waals surface area contributed by atoms with E-state index in [0.29, 0.717) is 86.6 Å². The van der Waals surface area contributed by atoms with Gasteiger partial charge in [0.05, 0.1) is 23.4 Å². The molecule has 1 atom stereocenters. The third-order valence-electron chi connectivity index (χ3n) is 9.58. The monoisotopic (exact) mass is 746 g/mol. The van der Waals surface area contributed by atoms with Crippen molar-refractivity contribution in [2.45, 2.75) is 31.6 Å². The van der Waals surface area contributed by atoms with Crippen molar-refractivity contribution in [3.05, 3.63) is 80.8 Å². The van der Waals surface area contributed by atoms with E-state index in [1.165, 1.54) is 11.9 Å². The topological polar surface area (TPSA) is 170 Å². The minimum absolute atomic E-state index is 0.0245. The molecule has 244 valence electrons. The van der Waals surface area contributed by atoms with E-state index in [1.54, 1.807) is 30.3 Å². The number of nitrogens with one attached hydrogen (secondary N) is 1. The lowest BCUT2D eigenvalue weighted by atomic mass is 9.85. The summed E-state index contributed by atoms with van der Waals surface area (Å²) in [7, 11) is 1.65. The first-order valence-corrected chi connectivity index (χ1v) is 16.9. The van der Waals surface area contributed by atoms with Gasteiger partial charge in [-0.2, -0.15) is 0 Å². The minimum atomic E-state index is -0.534. The lowest BCUT2D eigenvalue weighted by Gasteiger charge is -2.33. The Hall–Kier alpha value is -4.24. The number of nitrogens with two attached hydrogens (primary N) is 2. The van der Waals surface area contributed by atoms with Gasteiger partial charge in [-0.15, -0.1) is 0 Å². The van der Waals surface area contributed by atoms with Gasteiger partial charge in [0.15, 0.2) is 0 Å². The normalized spacial score (nSPS) is 21.0. The highest BCUT2D eigenvalue weighted by atomic mass is 127. The Kier molecular flexibility index (Phi) is 9.64. The van der Waals surface area contributed by atoms with Crippen LogP contribution >= 0.6 is 22.6 Å². The van der Waals surface area contributed by atoms with Crippen molar-refractivity contribution >= 4 is 63.8 Å². The SMILES string of the molecule is CN=CN=C(N)c1ccc(C2CCN(C(=O)CN3CC[C@]4(CCN(c5ccc(N)c(C(=N)c6ccc(I)nc6)n5)C4=O)C3)CC2)cc1. The molecule has 2 aromatic heterocycles. The average Bonchev–Trinajstić information content (AvgIpc) is 3.65. The van der Waals surface area contributed by atoms with Crippen LogP contribution in [-0.4, -0.2) is 95.8 Å². The summed E-state index contributed by atoms with van der Waals surface area (Å²) in [4.78, 5) is 49.9. The molecule has 5 N–H and O–H groups in total. The number of nitrogens with zero attached hydrogens (tertiary/aromatic N) is 7. The third-order valence-corrected chi connectivity index (χ3v) is 10.2. The number of hydrogen-bond donors (Lipinski definition) is 3. The van der Waals surface area contributed by atoms with Gasteiger partial charge in [-0.05, 0) is 90.6 Å². The molecule has 6 rings (SSSR count). The average molecular weight is 747 g/mol. The molecular formula is C34H39IN10O2. The van der Waals surface area contributed by atoms with E-state index in [1.807, 2.05) is 29.2 Å². The minimum Gasteiger partial charge on any atom is -0.397 e. The fourth-order valence-electron chi connectivity index (χ4n) is 6.86. The zero-order valence-electron chi connectivity index (χ0n) is 26.4. The van der Waals surface area contributed by atoms with Crippen LogP contribution in [-0.2, 0) is 9.59 Å². The maximum atomic E-state index is 13.9. The number of aromatic nitrogens is 2. The molecule has 1 spiro atoms. The molecule has 13 heteroatoms. The number of pyridine rings is 2. The number of rotatable bonds is 8. The Morgan fingerprint density at radius 1 is 1.06 bits per heavy atom. The van der Waals surface area contributed by atoms with Crippen molar-refractivity contribution < 1.29 is 9.59 Å². The summed E-state index contributed by atoms with van der Waals surface area (Å²) in [6.45, 7) is 3.54. The molecule has 0 bridgehead atoms. The number of amidine groups is 1. The Balaban J connectivity index is 1.03. The maximum absolute atomic E-state index is 13.9. The van der Waals surface area contributed by atoms with Crippen LogP contribution in [0.5, 0.6) is 0 Å². The van der Waals surface area contributed by atoms with Gasteiger partial charge in [-0.3, -0.25) is 29.8 Å². The van der Waals surface area contributed by atoms with E-state index in [4.69, 9.17) is 16.9 Å². The lowest BCUT2D eigenvalue weighted by molar-refractivity contribution is -0.133. The summed E-state index contributed by atoms with van der Waals surface area (Å²) in [5, 5.41) is 8.69. The van der Waals surface area contributed by atoms with Crippen molar-refractivity contribution in [1.29, 1.82) is 5.41 Å². The number of anilines is 2. The quantitative estimate of drug-likeness (QED) is 0.138. The van der Waals surface area contributed by atoms with Crippen LogP contribution in [0.3, 0.4) is 0 Å². The Morgan fingerprint density at radius 2 is 1.79 bits per heavy atom. The Morgan fingerprint density at radius 3 is 2.49 bits per heavy atom. The molecule has 3 aliphatic heterocycles. The zero-order chi connectivity index (χ0) is 33.1. The summed E-state index contributed by atoms with van der Waals surface area (Å²) in [5.74, 6) is 1.46. The molecule has 3 fully saturated rings. The number of amides is 2. The highest BCUT2D eigenvalue weighted by molar-refractivity contribution is 14.1. The third kappa shape index (κ3) is 6.91. The van der Waals surface area contributed by atoms with Gasteiger partial charge in [0.1, 0.15) is 27.4 Å². The molecular weight excluding hydrogens is 707 g/mol. The number of carbonyl (C=O) groups is 2. The highest BCUT2D eigenvalue weighted by Gasteiger charge is 2.51. The summed E-state index contributed by atoms with van der Waals surface area (Å²) >= 11 is 2.12. The highest BCUT2D eigenvalue weighted by Crippen LogP contribution is 2.42. The molecule has 3 saturated heterocycles. The fourth-order valence-corrected chi connectivity index (χ4v) is 7.17. The number of benzene rings is 1. The van der Waals surface area contributed by atoms with E-state index in [2.05, 4.69) is 59.6 Å². The van der Waals surface area contributed by atoms with Crippen molar-refractivity contribution in [3.63, 3.8) is 0 Å². The van der Waals surface area contributed by atoms with Crippen LogP contribution < -0.4 is 16.4 Å². The Bertz CT molecular complexity index is 1720. The van der Waals surface area contributed by atoms with E-state index in [-0.39, 0.29) is 17.5 Å². The molecule has 3 aliphatic rings. The molecule has 2 amide bonds. The van der Waals surface area contributed by atoms with Crippen LogP contribution in [0.25, 0.3) is 0 Å². The first-order chi connectivity index (χ1) is 22.7. The van der Waals surface area contributed by atoms with Gasteiger partial charge in [0.2, 0.25) is 11.8 Å². The molecule has 0 saturated carbocycles. The van der Waals surface area contributed by atoms with Gasteiger partial charge < -0.3 is 16.4 Å². The molecule has 0 radical (unpaired) electrons. The zero-order valence-corrected chi connectivity index (χ0v) is 28.6. The van der Waals surface area contributed by atoms with E-state index >= 15 is 0 Å². The van der Waals surface area contributed by atoms with Crippen molar-refractivity contribution in [2.75, 3.05) is 56.9 Å². The van der Waals surface area contributed by atoms with Gasteiger partial charge in [-0.1, -0.05) is 24.3 Å². The second-order valence-electron chi connectivity index (χ2n) is 12.5. The first-order valence-electron chi connectivity index (χ1n) is 15.8. The smallest absolute Gasteiger partial charge is 0.236 e. The Labute approximate surface area is 288 Å². The molecule has 5 heterocycles. The number of likely N-dealkylation sites (tertiary alicyclic amines) is 2. The molecule has 0 aliphatic carbocycles. The molecule has 12 nitrogen and oxygen atoms in total. The fraction of sp³-hybridized carbons (Fsp3) is 0.382. The second-order valence-corrected chi connectivity index (χ2v) is 13.6. The van der Waals surface area contributed by atoms with Gasteiger partial charge in [-0.25, -0.2) is 15.0 Å². The second kappa shape index (κ2) is 13.9. The van der Waals surface area contributed by atoms with Crippen LogP contribution in [0, 0.1) is 14.5 Å². The predicted molar refractivity (Wildman–Crippen MR) is 192 cm³/mol. The van der Waals surface area contributed by atoms with Crippen LogP contribution in [0.4, 0.5) is 11.5 Å². The van der Waals surface area contributed by atoms with Crippen molar-refractivity contribution in [2.24, 2.45) is 21.1 Å². The number of piperidine rings is 1. The maximum Gasteiger partial charge on any atom is 0.236 e. The van der Waals surface area contributed by atoms with E-state index < -0.39 is 5.41 Å².